The summed E-state index contributed by atoms with van der Waals surface area (Å²) >= 11 is 0. The molecule has 2 aromatic rings. The molecule has 26 heavy (non-hydrogen) atoms. The number of ether oxygens (including phenoxy) is 1. The number of anilines is 1. The van der Waals surface area contributed by atoms with Crippen LogP contribution in [0, 0.1) is 0 Å². The van der Waals surface area contributed by atoms with E-state index in [1.165, 1.54) is 11.1 Å². The molecule has 136 valence electrons. The predicted molar refractivity (Wildman–Crippen MR) is 100 cm³/mol. The maximum absolute atomic E-state index is 12.5. The van der Waals surface area contributed by atoms with Gasteiger partial charge in [0.15, 0.2) is 0 Å². The van der Waals surface area contributed by atoms with Crippen molar-refractivity contribution in [2.24, 2.45) is 0 Å². The van der Waals surface area contributed by atoms with Gasteiger partial charge in [0.05, 0.1) is 12.6 Å². The van der Waals surface area contributed by atoms with Crippen LogP contribution < -0.4 is 10.6 Å². The van der Waals surface area contributed by atoms with Gasteiger partial charge in [0.25, 0.3) is 0 Å². The van der Waals surface area contributed by atoms with Crippen LogP contribution in [0.15, 0.2) is 42.6 Å². The van der Waals surface area contributed by atoms with Crippen LogP contribution in [0.1, 0.15) is 35.1 Å². The number of hydrogen-bond donors (Lipinski definition) is 2. The van der Waals surface area contributed by atoms with Gasteiger partial charge < -0.3 is 10.1 Å². The van der Waals surface area contributed by atoms with E-state index in [2.05, 4.69) is 39.7 Å². The lowest BCUT2D eigenvalue weighted by atomic mass is 9.96. The zero-order valence-corrected chi connectivity index (χ0v) is 14.9. The Morgan fingerprint density at radius 3 is 3.04 bits per heavy atom. The number of nitrogens with one attached hydrogen (secondary N) is 2. The Morgan fingerprint density at radius 2 is 2.19 bits per heavy atom. The van der Waals surface area contributed by atoms with Crippen molar-refractivity contribution in [1.29, 1.82) is 0 Å². The van der Waals surface area contributed by atoms with Crippen molar-refractivity contribution in [3.8, 4) is 0 Å². The van der Waals surface area contributed by atoms with Crippen molar-refractivity contribution in [3.05, 3.63) is 59.3 Å². The molecule has 1 saturated heterocycles. The number of aromatic nitrogens is 1. The first kappa shape index (κ1) is 17.0. The number of pyridine rings is 1. The Balaban J connectivity index is 1.44. The molecule has 3 heterocycles. The Labute approximate surface area is 153 Å². The molecule has 1 fully saturated rings. The van der Waals surface area contributed by atoms with Gasteiger partial charge in [-0.25, -0.2) is 9.78 Å². The second kappa shape index (κ2) is 7.43. The largest absolute Gasteiger partial charge is 0.381 e. The van der Waals surface area contributed by atoms with Gasteiger partial charge in [-0.3, -0.25) is 10.2 Å². The minimum absolute atomic E-state index is 0.0311. The van der Waals surface area contributed by atoms with Gasteiger partial charge in [-0.15, -0.1) is 0 Å². The maximum Gasteiger partial charge on any atom is 0.320 e. The molecule has 6 nitrogen and oxygen atoms in total. The average Bonchev–Trinajstić information content (AvgIpc) is 3.16. The second-order valence-electron chi connectivity index (χ2n) is 7.08. The lowest BCUT2D eigenvalue weighted by Crippen LogP contribution is -2.42. The molecule has 2 aliphatic heterocycles. The molecular weight excluding hydrogens is 328 g/mol. The van der Waals surface area contributed by atoms with Gasteiger partial charge in [-0.2, -0.15) is 0 Å². The van der Waals surface area contributed by atoms with Gasteiger partial charge in [0.1, 0.15) is 5.82 Å². The SMILES string of the molecule is CN1Cc2ccccc2C(NC(=O)Nc2cc(C3CCOC3)ccn2)C1. The van der Waals surface area contributed by atoms with Crippen LogP contribution in [0.2, 0.25) is 0 Å². The zero-order valence-electron chi connectivity index (χ0n) is 14.9. The van der Waals surface area contributed by atoms with E-state index in [4.69, 9.17) is 4.74 Å². The molecular formula is C20H24N4O2. The Kier molecular flexibility index (Phi) is 4.86. The van der Waals surface area contributed by atoms with Crippen molar-refractivity contribution >= 4 is 11.8 Å². The van der Waals surface area contributed by atoms with E-state index in [1.54, 1.807) is 6.20 Å². The number of fused-ring (bicyclic) bond motifs is 1. The van der Waals surface area contributed by atoms with Crippen LogP contribution in [-0.4, -0.2) is 42.7 Å². The highest BCUT2D eigenvalue weighted by Gasteiger charge is 2.24. The summed E-state index contributed by atoms with van der Waals surface area (Å²) in [5, 5.41) is 5.96. The number of benzene rings is 1. The average molecular weight is 352 g/mol. The van der Waals surface area contributed by atoms with Gasteiger partial charge in [0.2, 0.25) is 0 Å². The molecule has 6 heteroatoms. The molecule has 0 radical (unpaired) electrons. The normalized spacial score (nSPS) is 22.7. The van der Waals surface area contributed by atoms with Crippen molar-refractivity contribution in [3.63, 3.8) is 0 Å². The molecule has 1 aromatic heterocycles. The Bertz CT molecular complexity index is 789. The first-order valence-electron chi connectivity index (χ1n) is 9.06. The predicted octanol–water partition coefficient (Wildman–Crippen LogP) is 2.89. The highest BCUT2D eigenvalue weighted by molar-refractivity contribution is 5.88. The van der Waals surface area contributed by atoms with E-state index in [9.17, 15) is 4.79 Å². The number of amides is 2. The lowest BCUT2D eigenvalue weighted by Gasteiger charge is -2.32. The summed E-state index contributed by atoms with van der Waals surface area (Å²) < 4.78 is 5.45. The summed E-state index contributed by atoms with van der Waals surface area (Å²) in [6.45, 7) is 3.23. The van der Waals surface area contributed by atoms with Gasteiger partial charge in [-0.05, 0) is 42.3 Å². The first-order chi connectivity index (χ1) is 12.7. The number of rotatable bonds is 3. The van der Waals surface area contributed by atoms with E-state index in [-0.39, 0.29) is 12.1 Å². The van der Waals surface area contributed by atoms with Crippen LogP contribution in [0.3, 0.4) is 0 Å². The molecule has 1 aromatic carbocycles. The van der Waals surface area contributed by atoms with Crippen molar-refractivity contribution in [2.45, 2.75) is 24.9 Å². The number of hydrogen-bond acceptors (Lipinski definition) is 4. The number of carbonyl (C=O) groups excluding carboxylic acids is 1. The molecule has 2 N–H and O–H groups in total. The Hall–Kier alpha value is -2.44. The van der Waals surface area contributed by atoms with Crippen molar-refractivity contribution < 1.29 is 9.53 Å². The minimum Gasteiger partial charge on any atom is -0.381 e. The maximum atomic E-state index is 12.5. The number of likely N-dealkylation sites (N-methyl/N-ethyl adjacent to an activating group) is 1. The zero-order chi connectivity index (χ0) is 17.9. The molecule has 2 unspecified atom stereocenters. The monoisotopic (exact) mass is 352 g/mol. The molecule has 2 atom stereocenters. The summed E-state index contributed by atoms with van der Waals surface area (Å²) in [5.41, 5.74) is 3.61. The second-order valence-corrected chi connectivity index (χ2v) is 7.08. The van der Waals surface area contributed by atoms with Gasteiger partial charge in [0, 0.05) is 31.8 Å². The number of carbonyl (C=O) groups is 1. The Morgan fingerprint density at radius 1 is 1.31 bits per heavy atom. The fourth-order valence-corrected chi connectivity index (χ4v) is 3.78. The molecule has 2 aliphatic rings. The molecule has 2 amide bonds. The van der Waals surface area contributed by atoms with E-state index >= 15 is 0 Å². The van der Waals surface area contributed by atoms with Crippen LogP contribution in [-0.2, 0) is 11.3 Å². The highest BCUT2D eigenvalue weighted by Crippen LogP contribution is 2.27. The van der Waals surface area contributed by atoms with E-state index in [0.717, 1.165) is 38.3 Å². The quantitative estimate of drug-likeness (QED) is 0.891. The van der Waals surface area contributed by atoms with Gasteiger partial charge >= 0.3 is 6.03 Å². The topological polar surface area (TPSA) is 66.5 Å². The number of nitrogens with zero attached hydrogens (tertiary/aromatic N) is 2. The van der Waals surface area contributed by atoms with Crippen molar-refractivity contribution in [2.75, 3.05) is 32.1 Å². The van der Waals surface area contributed by atoms with E-state index in [0.29, 0.717) is 11.7 Å². The molecule has 0 saturated carbocycles. The summed E-state index contributed by atoms with van der Waals surface area (Å²) in [6, 6.07) is 11.9. The summed E-state index contributed by atoms with van der Waals surface area (Å²) in [5.74, 6) is 0.963. The summed E-state index contributed by atoms with van der Waals surface area (Å²) in [4.78, 5) is 19.0. The van der Waals surface area contributed by atoms with E-state index < -0.39 is 0 Å². The first-order valence-corrected chi connectivity index (χ1v) is 9.06. The van der Waals surface area contributed by atoms with Crippen LogP contribution >= 0.6 is 0 Å². The molecule has 0 aliphatic carbocycles. The minimum atomic E-state index is -0.229. The summed E-state index contributed by atoms with van der Waals surface area (Å²) in [7, 11) is 2.07. The van der Waals surface area contributed by atoms with Crippen LogP contribution in [0.25, 0.3) is 0 Å². The molecule has 0 bridgehead atoms. The lowest BCUT2D eigenvalue weighted by molar-refractivity contribution is 0.194. The third-order valence-corrected chi connectivity index (χ3v) is 5.10. The van der Waals surface area contributed by atoms with Crippen LogP contribution in [0.4, 0.5) is 10.6 Å². The smallest absolute Gasteiger partial charge is 0.320 e. The molecule has 4 rings (SSSR count). The summed E-state index contributed by atoms with van der Waals surface area (Å²) in [6.07, 6.45) is 2.76. The standard InChI is InChI=1S/C20H24N4O2/c1-24-11-15-4-2-3-5-17(15)18(12-24)22-20(25)23-19-10-14(6-8-21-19)16-7-9-26-13-16/h2-6,8,10,16,18H,7,9,11-13H2,1H3,(H2,21,22,23,25). The third-order valence-electron chi connectivity index (χ3n) is 5.10. The van der Waals surface area contributed by atoms with E-state index in [1.807, 2.05) is 24.3 Å². The van der Waals surface area contributed by atoms with Crippen molar-refractivity contribution in [1.82, 2.24) is 15.2 Å². The third kappa shape index (κ3) is 3.71. The number of urea groups is 1. The fraction of sp³-hybridized carbons (Fsp3) is 0.400. The highest BCUT2D eigenvalue weighted by atomic mass is 16.5. The van der Waals surface area contributed by atoms with Gasteiger partial charge in [-0.1, -0.05) is 24.3 Å². The van der Waals surface area contributed by atoms with Crippen LogP contribution in [0.5, 0.6) is 0 Å². The molecule has 0 spiro atoms. The fourth-order valence-electron chi connectivity index (χ4n) is 3.78.